The highest BCUT2D eigenvalue weighted by Gasteiger charge is 2.21. The fourth-order valence-corrected chi connectivity index (χ4v) is 2.28. The Morgan fingerprint density at radius 2 is 1.67 bits per heavy atom. The van der Waals surface area contributed by atoms with E-state index in [1.54, 1.807) is 0 Å². The van der Waals surface area contributed by atoms with Gasteiger partial charge in [-0.05, 0) is 17.9 Å². The van der Waals surface area contributed by atoms with Crippen LogP contribution in [0.25, 0.3) is 0 Å². The first kappa shape index (κ1) is 17.3. The molecular formula is C18H33N3. The summed E-state index contributed by atoms with van der Waals surface area (Å²) in [6.07, 6.45) is 6.42. The van der Waals surface area contributed by atoms with Crippen LogP contribution in [-0.4, -0.2) is 4.98 Å². The first-order valence-corrected chi connectivity index (χ1v) is 8.13. The molecule has 2 unspecified atom stereocenters. The van der Waals surface area contributed by atoms with Crippen molar-refractivity contribution in [2.24, 2.45) is 11.8 Å². The van der Waals surface area contributed by atoms with Gasteiger partial charge in [0.15, 0.2) is 0 Å². The van der Waals surface area contributed by atoms with Crippen molar-refractivity contribution in [2.75, 3.05) is 5.32 Å². The molecule has 3 nitrogen and oxygen atoms in total. The van der Waals surface area contributed by atoms with Crippen molar-refractivity contribution in [2.45, 2.75) is 48.1 Å². The molecule has 21 heavy (non-hydrogen) atoms. The van der Waals surface area contributed by atoms with Crippen molar-refractivity contribution in [1.29, 1.82) is 0 Å². The van der Waals surface area contributed by atoms with Gasteiger partial charge in [-0.1, -0.05) is 59.8 Å². The predicted molar refractivity (Wildman–Crippen MR) is 96.1 cm³/mol. The molecule has 0 saturated heterocycles. The van der Waals surface area contributed by atoms with E-state index in [-0.39, 0.29) is 2.85 Å². The Balaban J connectivity index is 0. The van der Waals surface area contributed by atoms with Crippen molar-refractivity contribution in [3.63, 3.8) is 0 Å². The van der Waals surface area contributed by atoms with Crippen LogP contribution in [0.4, 0.5) is 5.82 Å². The molecule has 1 aromatic heterocycles. The molecule has 0 saturated carbocycles. The van der Waals surface area contributed by atoms with E-state index in [4.69, 9.17) is 0 Å². The number of fused-ring (bicyclic) bond motifs is 2. The molecule has 2 aliphatic rings. The lowest BCUT2D eigenvalue weighted by molar-refractivity contribution is 0.537. The molecule has 0 amide bonds. The SMILES string of the molecule is CC.CC.CC1C=C2NCc3cccnc3NC2=CC1C.[HH].[HH]. The van der Waals surface area contributed by atoms with Crippen LogP contribution in [0, 0.1) is 11.8 Å². The second kappa shape index (κ2) is 8.50. The van der Waals surface area contributed by atoms with Crippen LogP contribution in [0.3, 0.4) is 0 Å². The minimum Gasteiger partial charge on any atom is -0.379 e. The van der Waals surface area contributed by atoms with Gasteiger partial charge in [0.25, 0.3) is 0 Å². The number of rotatable bonds is 0. The lowest BCUT2D eigenvalue weighted by Gasteiger charge is -2.23. The first-order valence-electron chi connectivity index (χ1n) is 8.13. The van der Waals surface area contributed by atoms with Crippen LogP contribution in [0.5, 0.6) is 0 Å². The number of nitrogens with one attached hydrogen (secondary N) is 2. The maximum absolute atomic E-state index is 4.40. The number of anilines is 1. The number of aromatic nitrogens is 1. The molecule has 1 aliphatic carbocycles. The first-order chi connectivity index (χ1) is 10.2. The number of hydrogen-bond acceptors (Lipinski definition) is 3. The molecular weight excluding hydrogens is 258 g/mol. The number of allylic oxidation sites excluding steroid dienone is 2. The standard InChI is InChI=1S/C14H17N3.2C2H6.2H2/c1-9-6-12-13(7-10(9)2)17-14-11(8-16-12)4-3-5-15-14;2*1-2;;/h3-7,9-10,16H,8H2,1-2H3,(H,15,17);2*1-2H3;2*1H. The van der Waals surface area contributed by atoms with Crippen LogP contribution in [0.2, 0.25) is 0 Å². The molecule has 0 fully saturated rings. The smallest absolute Gasteiger partial charge is 0.135 e. The highest BCUT2D eigenvalue weighted by Crippen LogP contribution is 2.29. The maximum Gasteiger partial charge on any atom is 0.135 e. The quantitative estimate of drug-likeness (QED) is 0.690. The molecule has 0 radical (unpaired) electrons. The van der Waals surface area contributed by atoms with Gasteiger partial charge in [0, 0.05) is 21.2 Å². The van der Waals surface area contributed by atoms with E-state index < -0.39 is 0 Å². The Bertz CT molecular complexity index is 513. The summed E-state index contributed by atoms with van der Waals surface area (Å²) in [5, 5.41) is 6.91. The Morgan fingerprint density at radius 1 is 1.05 bits per heavy atom. The molecule has 2 N–H and O–H groups in total. The minimum absolute atomic E-state index is 0. The molecule has 2 heterocycles. The average Bonchev–Trinajstić information content (AvgIpc) is 2.71. The molecule has 1 aliphatic heterocycles. The minimum atomic E-state index is 0. The van der Waals surface area contributed by atoms with Crippen molar-refractivity contribution in [3.8, 4) is 0 Å². The third-order valence-electron chi connectivity index (χ3n) is 3.59. The van der Waals surface area contributed by atoms with E-state index in [1.165, 1.54) is 11.3 Å². The Morgan fingerprint density at radius 3 is 2.33 bits per heavy atom. The van der Waals surface area contributed by atoms with Crippen molar-refractivity contribution < 1.29 is 2.85 Å². The summed E-state index contributed by atoms with van der Waals surface area (Å²) < 4.78 is 0. The van der Waals surface area contributed by atoms with Gasteiger partial charge >= 0.3 is 0 Å². The zero-order chi connectivity index (χ0) is 15.8. The third-order valence-corrected chi connectivity index (χ3v) is 3.59. The van der Waals surface area contributed by atoms with Gasteiger partial charge in [0.05, 0.1) is 11.4 Å². The highest BCUT2D eigenvalue weighted by molar-refractivity contribution is 5.56. The fourth-order valence-electron chi connectivity index (χ4n) is 2.28. The third kappa shape index (κ3) is 4.10. The lowest BCUT2D eigenvalue weighted by Crippen LogP contribution is -2.21. The topological polar surface area (TPSA) is 37.0 Å². The van der Waals surface area contributed by atoms with E-state index in [0.29, 0.717) is 11.8 Å². The zero-order valence-corrected chi connectivity index (χ0v) is 14.2. The van der Waals surface area contributed by atoms with Gasteiger partial charge in [0.1, 0.15) is 5.82 Å². The molecule has 3 heteroatoms. The maximum atomic E-state index is 4.40. The van der Waals surface area contributed by atoms with Crippen LogP contribution in [0.1, 0.15) is 50.0 Å². The van der Waals surface area contributed by atoms with Gasteiger partial charge in [0.2, 0.25) is 0 Å². The molecule has 1 aromatic rings. The predicted octanol–water partition coefficient (Wildman–Crippen LogP) is 5.19. The van der Waals surface area contributed by atoms with E-state index >= 15 is 0 Å². The van der Waals surface area contributed by atoms with Crippen LogP contribution in [-0.2, 0) is 6.54 Å². The Labute approximate surface area is 132 Å². The lowest BCUT2D eigenvalue weighted by atomic mass is 9.89. The van der Waals surface area contributed by atoms with Crippen LogP contribution in [0.15, 0.2) is 41.9 Å². The molecule has 0 spiro atoms. The van der Waals surface area contributed by atoms with E-state index in [0.717, 1.165) is 18.1 Å². The number of nitrogens with zero attached hydrogens (tertiary/aromatic N) is 1. The van der Waals surface area contributed by atoms with E-state index in [9.17, 15) is 0 Å². The molecule has 0 aromatic carbocycles. The van der Waals surface area contributed by atoms with Gasteiger partial charge in [-0.25, -0.2) is 4.98 Å². The molecule has 3 rings (SSSR count). The normalized spacial score (nSPS) is 22.0. The zero-order valence-electron chi connectivity index (χ0n) is 14.2. The van der Waals surface area contributed by atoms with E-state index in [1.807, 2.05) is 40.0 Å². The monoisotopic (exact) mass is 291 g/mol. The van der Waals surface area contributed by atoms with Gasteiger partial charge in [-0.2, -0.15) is 0 Å². The number of pyridine rings is 1. The van der Waals surface area contributed by atoms with Crippen LogP contribution >= 0.6 is 0 Å². The summed E-state index contributed by atoms with van der Waals surface area (Å²) in [4.78, 5) is 4.40. The second-order valence-electron chi connectivity index (χ2n) is 4.87. The van der Waals surface area contributed by atoms with Gasteiger partial charge in [-0.15, -0.1) is 0 Å². The summed E-state index contributed by atoms with van der Waals surface area (Å²) in [5.41, 5.74) is 3.57. The van der Waals surface area contributed by atoms with Gasteiger partial charge < -0.3 is 10.6 Å². The van der Waals surface area contributed by atoms with Crippen molar-refractivity contribution in [3.05, 3.63) is 47.4 Å². The summed E-state index contributed by atoms with van der Waals surface area (Å²) >= 11 is 0. The number of hydrogen-bond donors (Lipinski definition) is 2. The summed E-state index contributed by atoms with van der Waals surface area (Å²) in [7, 11) is 0. The van der Waals surface area contributed by atoms with Crippen LogP contribution < -0.4 is 10.6 Å². The Hall–Kier alpha value is -1.77. The summed E-state index contributed by atoms with van der Waals surface area (Å²) in [5.74, 6) is 2.11. The molecule has 2 atom stereocenters. The van der Waals surface area contributed by atoms with Crippen molar-refractivity contribution >= 4 is 5.82 Å². The molecule has 120 valence electrons. The average molecular weight is 291 g/mol. The summed E-state index contributed by atoms with van der Waals surface area (Å²) in [6.45, 7) is 13.3. The Kier molecular flexibility index (Phi) is 7.00. The second-order valence-corrected chi connectivity index (χ2v) is 4.87. The highest BCUT2D eigenvalue weighted by atomic mass is 15.1. The van der Waals surface area contributed by atoms with Gasteiger partial charge in [-0.3, -0.25) is 0 Å². The summed E-state index contributed by atoms with van der Waals surface area (Å²) in [6, 6.07) is 4.08. The fraction of sp³-hybridized carbons (Fsp3) is 0.500. The van der Waals surface area contributed by atoms with E-state index in [2.05, 4.69) is 47.7 Å². The molecule has 0 bridgehead atoms. The largest absolute Gasteiger partial charge is 0.379 e. The van der Waals surface area contributed by atoms with Crippen molar-refractivity contribution in [1.82, 2.24) is 10.3 Å².